The molecule has 0 fully saturated rings. The van der Waals surface area contributed by atoms with Gasteiger partial charge in [-0.1, -0.05) is 0 Å². The molecule has 0 bridgehead atoms. The van der Waals surface area contributed by atoms with Gasteiger partial charge < -0.3 is 19.9 Å². The standard InChI is InChI=1S/C9H15N6O4P/c1-5(19-4-20(11,17)18)2-15-3-12-6-7(15)13-9(10)14-8(6)16/h3,5H,2,4H2,1H3,(H3,11,17,18)(H3,10,13,14,16)/t5-/m1/s1. The Bertz CT molecular complexity index is 719. The lowest BCUT2D eigenvalue weighted by Crippen LogP contribution is -2.19. The number of aromatic nitrogens is 4. The van der Waals surface area contributed by atoms with E-state index < -0.39 is 25.5 Å². The molecule has 2 aromatic heterocycles. The van der Waals surface area contributed by atoms with E-state index in [1.165, 1.54) is 6.33 Å². The number of hydrogen-bond acceptors (Lipinski definition) is 6. The first-order chi connectivity index (χ1) is 9.26. The Labute approximate surface area is 113 Å². The Morgan fingerprint density at radius 3 is 3.00 bits per heavy atom. The summed E-state index contributed by atoms with van der Waals surface area (Å²) in [7, 11) is -3.71. The summed E-state index contributed by atoms with van der Waals surface area (Å²) in [5.74, 6) is -0.0142. The highest BCUT2D eigenvalue weighted by atomic mass is 31.2. The van der Waals surface area contributed by atoms with Crippen molar-refractivity contribution in [3.8, 4) is 0 Å². The van der Waals surface area contributed by atoms with Crippen LogP contribution in [0.3, 0.4) is 0 Å². The Morgan fingerprint density at radius 1 is 1.65 bits per heavy atom. The molecule has 2 heterocycles. The van der Waals surface area contributed by atoms with Gasteiger partial charge in [0.25, 0.3) is 13.1 Å². The molecular weight excluding hydrogens is 287 g/mol. The van der Waals surface area contributed by atoms with E-state index in [1.807, 2.05) is 0 Å². The highest BCUT2D eigenvalue weighted by molar-refractivity contribution is 7.55. The minimum Gasteiger partial charge on any atom is -0.369 e. The zero-order chi connectivity index (χ0) is 14.9. The molecule has 0 aliphatic rings. The molecule has 0 aliphatic carbocycles. The predicted octanol–water partition coefficient (Wildman–Crippen LogP) is -0.791. The molecule has 2 aromatic rings. The lowest BCUT2D eigenvalue weighted by molar-refractivity contribution is 0.0825. The lowest BCUT2D eigenvalue weighted by atomic mass is 10.4. The maximum absolute atomic E-state index is 11.6. The molecular formula is C9H15N6O4P. The molecule has 0 saturated heterocycles. The van der Waals surface area contributed by atoms with Crippen LogP contribution in [0.2, 0.25) is 0 Å². The van der Waals surface area contributed by atoms with Gasteiger partial charge >= 0.3 is 0 Å². The van der Waals surface area contributed by atoms with Crippen molar-refractivity contribution in [3.63, 3.8) is 0 Å². The van der Waals surface area contributed by atoms with E-state index in [9.17, 15) is 9.36 Å². The van der Waals surface area contributed by atoms with Gasteiger partial charge in [-0.2, -0.15) is 4.98 Å². The van der Waals surface area contributed by atoms with Crippen LogP contribution in [0.15, 0.2) is 11.1 Å². The SMILES string of the molecule is C[C@H](Cn1cnc2c(=O)[nH]c(N)nc21)OCP(N)(=O)O. The number of imidazole rings is 1. The summed E-state index contributed by atoms with van der Waals surface area (Å²) in [6.45, 7) is 1.98. The monoisotopic (exact) mass is 302 g/mol. The molecule has 0 saturated carbocycles. The van der Waals surface area contributed by atoms with Crippen LogP contribution in [0.1, 0.15) is 6.92 Å². The zero-order valence-corrected chi connectivity index (χ0v) is 11.6. The molecule has 0 amide bonds. The van der Waals surface area contributed by atoms with E-state index in [0.717, 1.165) is 0 Å². The molecule has 0 radical (unpaired) electrons. The number of aromatic amines is 1. The molecule has 6 N–H and O–H groups in total. The van der Waals surface area contributed by atoms with E-state index >= 15 is 0 Å². The van der Waals surface area contributed by atoms with Gasteiger partial charge in [0.05, 0.1) is 19.0 Å². The first-order valence-corrected chi connectivity index (χ1v) is 7.60. The van der Waals surface area contributed by atoms with Gasteiger partial charge in [-0.3, -0.25) is 19.8 Å². The lowest BCUT2D eigenvalue weighted by Gasteiger charge is -2.14. The minimum absolute atomic E-state index is 0.0142. The third-order valence-electron chi connectivity index (χ3n) is 2.49. The van der Waals surface area contributed by atoms with Gasteiger partial charge in [0.2, 0.25) is 5.95 Å². The molecule has 2 atom stereocenters. The van der Waals surface area contributed by atoms with Crippen LogP contribution in [0.5, 0.6) is 0 Å². The van der Waals surface area contributed by atoms with E-state index in [0.29, 0.717) is 5.65 Å². The second kappa shape index (κ2) is 5.33. The molecule has 0 aliphatic heterocycles. The van der Waals surface area contributed by atoms with Gasteiger partial charge in [-0.05, 0) is 6.92 Å². The largest absolute Gasteiger partial charge is 0.369 e. The van der Waals surface area contributed by atoms with E-state index in [2.05, 4.69) is 15.0 Å². The first-order valence-electron chi connectivity index (χ1n) is 5.69. The highest BCUT2D eigenvalue weighted by Gasteiger charge is 2.16. The Balaban J connectivity index is 2.18. The van der Waals surface area contributed by atoms with Crippen molar-refractivity contribution < 1.29 is 14.2 Å². The van der Waals surface area contributed by atoms with E-state index in [1.54, 1.807) is 11.5 Å². The number of nitrogens with zero attached hydrogens (tertiary/aromatic N) is 3. The van der Waals surface area contributed by atoms with Crippen molar-refractivity contribution in [2.24, 2.45) is 5.50 Å². The molecule has 2 rings (SSSR count). The molecule has 20 heavy (non-hydrogen) atoms. The molecule has 11 heteroatoms. The van der Waals surface area contributed by atoms with Crippen molar-refractivity contribution in [2.75, 3.05) is 12.1 Å². The van der Waals surface area contributed by atoms with Gasteiger partial charge in [0.1, 0.15) is 6.35 Å². The summed E-state index contributed by atoms with van der Waals surface area (Å²) in [4.78, 5) is 30.8. The molecule has 10 nitrogen and oxygen atoms in total. The summed E-state index contributed by atoms with van der Waals surface area (Å²) >= 11 is 0. The fourth-order valence-corrected chi connectivity index (χ4v) is 2.14. The topological polar surface area (TPSA) is 162 Å². The predicted molar refractivity (Wildman–Crippen MR) is 72.0 cm³/mol. The summed E-state index contributed by atoms with van der Waals surface area (Å²) in [6, 6.07) is 0. The number of nitrogens with two attached hydrogens (primary N) is 2. The second-order valence-electron chi connectivity index (χ2n) is 4.38. The van der Waals surface area contributed by atoms with Gasteiger partial charge in [0.15, 0.2) is 11.2 Å². The number of anilines is 1. The molecule has 0 spiro atoms. The highest BCUT2D eigenvalue weighted by Crippen LogP contribution is 2.29. The third kappa shape index (κ3) is 3.42. The van der Waals surface area contributed by atoms with Gasteiger partial charge in [0, 0.05) is 0 Å². The fraction of sp³-hybridized carbons (Fsp3) is 0.444. The van der Waals surface area contributed by atoms with Crippen LogP contribution >= 0.6 is 7.52 Å². The number of nitrogen functional groups attached to an aromatic ring is 1. The Hall–Kier alpha value is -1.74. The quantitative estimate of drug-likeness (QED) is 0.522. The Kier molecular flexibility index (Phi) is 3.91. The first kappa shape index (κ1) is 14.7. The maximum atomic E-state index is 11.6. The Morgan fingerprint density at radius 2 is 2.35 bits per heavy atom. The van der Waals surface area contributed by atoms with Crippen LogP contribution in [0.4, 0.5) is 5.95 Å². The van der Waals surface area contributed by atoms with Crippen LogP contribution in [-0.2, 0) is 15.8 Å². The maximum Gasteiger partial charge on any atom is 0.289 e. The second-order valence-corrected chi connectivity index (χ2v) is 6.15. The van der Waals surface area contributed by atoms with Crippen LogP contribution in [0.25, 0.3) is 11.2 Å². The van der Waals surface area contributed by atoms with Crippen molar-refractivity contribution in [2.45, 2.75) is 19.6 Å². The average Bonchev–Trinajstić information content (AvgIpc) is 2.69. The summed E-state index contributed by atoms with van der Waals surface area (Å²) in [5, 5.41) is 0. The van der Waals surface area contributed by atoms with Crippen LogP contribution < -0.4 is 16.8 Å². The number of fused-ring (bicyclic) bond motifs is 1. The smallest absolute Gasteiger partial charge is 0.289 e. The number of ether oxygens (including phenoxy) is 1. The van der Waals surface area contributed by atoms with Crippen molar-refractivity contribution in [1.29, 1.82) is 0 Å². The number of rotatable bonds is 5. The van der Waals surface area contributed by atoms with E-state index in [4.69, 9.17) is 20.9 Å². The zero-order valence-electron chi connectivity index (χ0n) is 10.7. The van der Waals surface area contributed by atoms with E-state index in [-0.39, 0.29) is 18.0 Å². The summed E-state index contributed by atoms with van der Waals surface area (Å²) in [5.41, 5.74) is 10.5. The van der Waals surface area contributed by atoms with Gasteiger partial charge in [-0.15, -0.1) is 0 Å². The fourth-order valence-electron chi connectivity index (χ4n) is 1.67. The number of H-pyrrole nitrogens is 1. The molecule has 110 valence electrons. The normalized spacial score (nSPS) is 16.1. The molecule has 1 unspecified atom stereocenters. The van der Waals surface area contributed by atoms with Crippen molar-refractivity contribution in [3.05, 3.63) is 16.7 Å². The number of hydrogen-bond donors (Lipinski definition) is 4. The average molecular weight is 302 g/mol. The van der Waals surface area contributed by atoms with Gasteiger partial charge in [-0.25, -0.2) is 4.98 Å². The minimum atomic E-state index is -3.71. The summed E-state index contributed by atoms with van der Waals surface area (Å²) < 4.78 is 17.7. The third-order valence-corrected chi connectivity index (χ3v) is 3.01. The van der Waals surface area contributed by atoms with Crippen LogP contribution in [0, 0.1) is 0 Å². The molecule has 0 aromatic carbocycles. The number of nitrogens with one attached hydrogen (secondary N) is 1. The van der Waals surface area contributed by atoms with Crippen LogP contribution in [-0.4, -0.2) is 36.9 Å². The summed E-state index contributed by atoms with van der Waals surface area (Å²) in [6.07, 6.45) is 0.558. The van der Waals surface area contributed by atoms with Crippen molar-refractivity contribution >= 4 is 24.6 Å². The van der Waals surface area contributed by atoms with Crippen molar-refractivity contribution in [1.82, 2.24) is 19.5 Å².